The van der Waals surface area contributed by atoms with Crippen LogP contribution in [0.15, 0.2) is 22.7 Å². The summed E-state index contributed by atoms with van der Waals surface area (Å²) < 4.78 is 11.4. The Morgan fingerprint density at radius 1 is 1.00 bits per heavy atom. The maximum atomic E-state index is 12.0. The molecular weight excluding hydrogens is 388 g/mol. The molecule has 0 aliphatic rings. The first-order chi connectivity index (χ1) is 11.4. The van der Waals surface area contributed by atoms with E-state index in [-0.39, 0.29) is 0 Å². The lowest BCUT2D eigenvalue weighted by atomic mass is 10.1. The van der Waals surface area contributed by atoms with E-state index in [2.05, 4.69) is 26.6 Å². The summed E-state index contributed by atoms with van der Waals surface area (Å²) in [6.45, 7) is 11.2. The molecule has 0 fully saturated rings. The van der Waals surface area contributed by atoms with Crippen LogP contribution in [-0.4, -0.2) is 29.9 Å². The fourth-order valence-corrected chi connectivity index (χ4v) is 2.33. The Kier molecular flexibility index (Phi) is 7.29. The third-order valence-electron chi connectivity index (χ3n) is 2.77. The molecule has 7 heteroatoms. The molecule has 25 heavy (non-hydrogen) atoms. The van der Waals surface area contributed by atoms with Crippen LogP contribution in [0.2, 0.25) is 0 Å². The number of hydrogen-bond donors (Lipinski definition) is 2. The van der Waals surface area contributed by atoms with E-state index in [9.17, 15) is 9.59 Å². The molecule has 0 unspecified atom stereocenters. The van der Waals surface area contributed by atoms with Gasteiger partial charge in [0, 0.05) is 16.7 Å². The van der Waals surface area contributed by atoms with Gasteiger partial charge in [0.05, 0.1) is 0 Å². The zero-order valence-corrected chi connectivity index (χ0v) is 17.2. The molecule has 6 nitrogen and oxygen atoms in total. The van der Waals surface area contributed by atoms with Crippen LogP contribution in [0.25, 0.3) is 0 Å². The molecule has 0 atom stereocenters. The van der Waals surface area contributed by atoms with Crippen LogP contribution in [0.4, 0.5) is 15.3 Å². The molecule has 2 N–H and O–H groups in total. The van der Waals surface area contributed by atoms with Crippen LogP contribution in [0.5, 0.6) is 0 Å². The van der Waals surface area contributed by atoms with Crippen molar-refractivity contribution in [3.8, 4) is 0 Å². The van der Waals surface area contributed by atoms with Crippen LogP contribution in [0.3, 0.4) is 0 Å². The van der Waals surface area contributed by atoms with E-state index in [1.165, 1.54) is 0 Å². The van der Waals surface area contributed by atoms with Crippen LogP contribution in [0, 0.1) is 0 Å². The van der Waals surface area contributed by atoms with Crippen molar-refractivity contribution in [3.63, 3.8) is 0 Å². The zero-order valence-electron chi connectivity index (χ0n) is 15.7. The van der Waals surface area contributed by atoms with Gasteiger partial charge in [-0.3, -0.25) is 5.32 Å². The molecule has 0 aliphatic carbocycles. The summed E-state index contributed by atoms with van der Waals surface area (Å²) in [5, 5.41) is 5.45. The van der Waals surface area contributed by atoms with Crippen molar-refractivity contribution in [1.82, 2.24) is 5.32 Å². The highest BCUT2D eigenvalue weighted by Crippen LogP contribution is 2.22. The van der Waals surface area contributed by atoms with Crippen molar-refractivity contribution >= 4 is 33.8 Å². The van der Waals surface area contributed by atoms with Crippen molar-refractivity contribution in [2.24, 2.45) is 0 Å². The minimum Gasteiger partial charge on any atom is -0.444 e. The van der Waals surface area contributed by atoms with Crippen molar-refractivity contribution in [3.05, 3.63) is 28.2 Å². The van der Waals surface area contributed by atoms with Crippen LogP contribution >= 0.6 is 15.9 Å². The van der Waals surface area contributed by atoms with Crippen LogP contribution in [-0.2, 0) is 15.9 Å². The molecule has 140 valence electrons. The van der Waals surface area contributed by atoms with Crippen molar-refractivity contribution < 1.29 is 19.1 Å². The van der Waals surface area contributed by atoms with E-state index in [1.807, 2.05) is 32.9 Å². The topological polar surface area (TPSA) is 76.7 Å². The van der Waals surface area contributed by atoms with Gasteiger partial charge in [0.25, 0.3) is 0 Å². The summed E-state index contributed by atoms with van der Waals surface area (Å²) in [6.07, 6.45) is -0.454. The average molecular weight is 415 g/mol. The summed E-state index contributed by atoms with van der Waals surface area (Å²) in [5.41, 5.74) is 0.404. The highest BCUT2D eigenvalue weighted by molar-refractivity contribution is 9.10. The van der Waals surface area contributed by atoms with Gasteiger partial charge in [-0.25, -0.2) is 9.59 Å². The molecular formula is C18H27BrN2O4. The van der Waals surface area contributed by atoms with Crippen molar-refractivity contribution in [2.45, 2.75) is 59.2 Å². The van der Waals surface area contributed by atoms with Gasteiger partial charge in [0.1, 0.15) is 11.2 Å². The standard InChI is InChI=1S/C18H27BrN2O4/c1-17(2,3)24-15(22)20-10-9-12-11-13(19)7-8-14(12)21-16(23)25-18(4,5)6/h7-8,11H,9-10H2,1-6H3,(H,20,22)(H,21,23). The number of carbonyl (C=O) groups excluding carboxylic acids is 2. The van der Waals surface area contributed by atoms with E-state index in [0.717, 1.165) is 10.0 Å². The zero-order chi connectivity index (χ0) is 19.3. The Balaban J connectivity index is 2.68. The maximum Gasteiger partial charge on any atom is 0.412 e. The Hall–Kier alpha value is -1.76. The summed E-state index contributed by atoms with van der Waals surface area (Å²) in [7, 11) is 0. The second-order valence-electron chi connectivity index (χ2n) is 7.61. The minimum absolute atomic E-state index is 0.383. The first kappa shape index (κ1) is 21.3. The smallest absolute Gasteiger partial charge is 0.412 e. The molecule has 0 heterocycles. The second kappa shape index (κ2) is 8.56. The molecule has 0 spiro atoms. The third-order valence-corrected chi connectivity index (χ3v) is 3.26. The second-order valence-corrected chi connectivity index (χ2v) is 8.52. The normalized spacial score (nSPS) is 11.6. The fraction of sp³-hybridized carbons (Fsp3) is 0.556. The molecule has 1 rings (SSSR count). The van der Waals surface area contributed by atoms with E-state index < -0.39 is 23.4 Å². The number of amides is 2. The maximum absolute atomic E-state index is 12.0. The molecule has 0 bridgehead atoms. The number of anilines is 1. The number of benzene rings is 1. The first-order valence-corrected chi connectivity index (χ1v) is 8.90. The molecule has 0 saturated heterocycles. The SMILES string of the molecule is CC(C)(C)OC(=O)NCCc1cc(Br)ccc1NC(=O)OC(C)(C)C. The van der Waals surface area contributed by atoms with E-state index in [0.29, 0.717) is 18.7 Å². The summed E-state index contributed by atoms with van der Waals surface area (Å²) in [4.78, 5) is 23.7. The van der Waals surface area contributed by atoms with Gasteiger partial charge in [-0.05, 0) is 71.7 Å². The van der Waals surface area contributed by atoms with Gasteiger partial charge in [0.15, 0.2) is 0 Å². The van der Waals surface area contributed by atoms with E-state index in [1.54, 1.807) is 26.8 Å². The lowest BCUT2D eigenvalue weighted by Gasteiger charge is -2.21. The Labute approximate surface area is 157 Å². The lowest BCUT2D eigenvalue weighted by Crippen LogP contribution is -2.33. The van der Waals surface area contributed by atoms with E-state index >= 15 is 0 Å². The van der Waals surface area contributed by atoms with Gasteiger partial charge in [-0.15, -0.1) is 0 Å². The monoisotopic (exact) mass is 414 g/mol. The predicted octanol–water partition coefficient (Wildman–Crippen LogP) is 4.86. The first-order valence-electron chi connectivity index (χ1n) is 8.11. The number of alkyl carbamates (subject to hydrolysis) is 1. The highest BCUT2D eigenvalue weighted by atomic mass is 79.9. The number of ether oxygens (including phenoxy) is 2. The number of hydrogen-bond acceptors (Lipinski definition) is 4. The minimum atomic E-state index is -0.572. The molecule has 0 saturated carbocycles. The Morgan fingerprint density at radius 2 is 1.56 bits per heavy atom. The van der Waals surface area contributed by atoms with E-state index in [4.69, 9.17) is 9.47 Å². The quantitative estimate of drug-likeness (QED) is 0.736. The van der Waals surface area contributed by atoms with Crippen LogP contribution in [0.1, 0.15) is 47.1 Å². The number of rotatable bonds is 4. The molecule has 2 amide bonds. The summed E-state index contributed by atoms with van der Waals surface area (Å²) in [5.74, 6) is 0. The van der Waals surface area contributed by atoms with Gasteiger partial charge >= 0.3 is 12.2 Å². The highest BCUT2D eigenvalue weighted by Gasteiger charge is 2.18. The summed E-state index contributed by atoms with van der Waals surface area (Å²) >= 11 is 3.42. The Bertz CT molecular complexity index is 618. The fourth-order valence-electron chi connectivity index (χ4n) is 1.92. The van der Waals surface area contributed by atoms with Crippen molar-refractivity contribution in [1.29, 1.82) is 0 Å². The molecule has 0 aliphatic heterocycles. The number of carbonyl (C=O) groups is 2. The molecule has 0 aromatic heterocycles. The summed E-state index contributed by atoms with van der Waals surface area (Å²) in [6, 6.07) is 5.51. The van der Waals surface area contributed by atoms with Gasteiger partial charge in [0.2, 0.25) is 0 Å². The Morgan fingerprint density at radius 3 is 2.12 bits per heavy atom. The van der Waals surface area contributed by atoms with Gasteiger partial charge < -0.3 is 14.8 Å². The predicted molar refractivity (Wildman–Crippen MR) is 102 cm³/mol. The van der Waals surface area contributed by atoms with Crippen LogP contribution < -0.4 is 10.6 Å². The number of halogens is 1. The van der Waals surface area contributed by atoms with Crippen molar-refractivity contribution in [2.75, 3.05) is 11.9 Å². The van der Waals surface area contributed by atoms with Gasteiger partial charge in [-0.2, -0.15) is 0 Å². The number of nitrogens with one attached hydrogen (secondary N) is 2. The largest absolute Gasteiger partial charge is 0.444 e. The average Bonchev–Trinajstić information content (AvgIpc) is 2.37. The lowest BCUT2D eigenvalue weighted by molar-refractivity contribution is 0.0527. The molecule has 0 radical (unpaired) electrons. The third kappa shape index (κ3) is 9.34. The van der Waals surface area contributed by atoms with Gasteiger partial charge in [-0.1, -0.05) is 15.9 Å². The molecule has 1 aromatic rings. The molecule has 1 aromatic carbocycles.